The first-order valence-corrected chi connectivity index (χ1v) is 12.0. The summed E-state index contributed by atoms with van der Waals surface area (Å²) in [5, 5.41) is 10.6. The van der Waals surface area contributed by atoms with E-state index in [9.17, 15) is 9.18 Å². The zero-order chi connectivity index (χ0) is 29.1. The number of pyridine rings is 3. The highest BCUT2D eigenvalue weighted by Gasteiger charge is 2.23. The van der Waals surface area contributed by atoms with Crippen molar-refractivity contribution >= 4 is 22.6 Å². The van der Waals surface area contributed by atoms with Crippen LogP contribution in [0.3, 0.4) is 0 Å². The molecule has 1 aromatic carbocycles. The second-order valence-electron chi connectivity index (χ2n) is 8.48. The lowest BCUT2D eigenvalue weighted by atomic mass is 10.1. The number of fused-ring (bicyclic) bond motifs is 1. The van der Waals surface area contributed by atoms with E-state index in [-0.39, 0.29) is 34.5 Å². The minimum atomic E-state index is -0.758. The molecule has 0 saturated carbocycles. The number of nitrogens with one attached hydrogen (secondary N) is 1. The predicted molar refractivity (Wildman–Crippen MR) is 144 cm³/mol. The molecule has 0 aliphatic rings. The van der Waals surface area contributed by atoms with Crippen LogP contribution in [-0.4, -0.2) is 52.4 Å². The Bertz CT molecular complexity index is 1770. The van der Waals surface area contributed by atoms with Crippen LogP contribution in [0.1, 0.15) is 16.2 Å². The van der Waals surface area contributed by atoms with Gasteiger partial charge in [-0.25, -0.2) is 13.8 Å². The van der Waals surface area contributed by atoms with Crippen molar-refractivity contribution < 1.29 is 32.5 Å². The van der Waals surface area contributed by atoms with Crippen molar-refractivity contribution in [3.05, 3.63) is 77.9 Å². The molecule has 4 aromatic heterocycles. The molecule has 1 N–H and O–H groups in total. The highest BCUT2D eigenvalue weighted by molar-refractivity contribution is 6.06. The maximum absolute atomic E-state index is 15.1. The Kier molecular flexibility index (Phi) is 7.50. The SMILES string of the molecule is COc1cc2nccc(Oc3ccc(NC(=O)c4nnc(C)c(-c5ccc(F)cn5)c4OC)cc3F)c2nc1OC. The number of carbonyl (C=O) groups excluding carboxylic acids is 1. The zero-order valence-corrected chi connectivity index (χ0v) is 22.2. The van der Waals surface area contributed by atoms with Crippen LogP contribution >= 0.6 is 0 Å². The quantitative estimate of drug-likeness (QED) is 0.272. The lowest BCUT2D eigenvalue weighted by Crippen LogP contribution is -2.17. The average Bonchev–Trinajstić information content (AvgIpc) is 2.98. The van der Waals surface area contributed by atoms with Crippen LogP contribution < -0.4 is 24.3 Å². The van der Waals surface area contributed by atoms with E-state index in [1.54, 1.807) is 13.0 Å². The Morgan fingerprint density at radius 1 is 0.878 bits per heavy atom. The van der Waals surface area contributed by atoms with Crippen molar-refractivity contribution in [2.24, 2.45) is 0 Å². The molecule has 0 saturated heterocycles. The van der Waals surface area contributed by atoms with E-state index in [0.717, 1.165) is 12.3 Å². The van der Waals surface area contributed by atoms with Crippen LogP contribution in [0.25, 0.3) is 22.3 Å². The van der Waals surface area contributed by atoms with Crippen LogP contribution in [0.2, 0.25) is 0 Å². The molecule has 13 heteroatoms. The van der Waals surface area contributed by atoms with E-state index in [0.29, 0.717) is 33.7 Å². The van der Waals surface area contributed by atoms with Gasteiger partial charge in [0.2, 0.25) is 0 Å². The van der Waals surface area contributed by atoms with E-state index in [1.807, 2.05) is 0 Å². The minimum Gasteiger partial charge on any atom is -0.493 e. The molecule has 208 valence electrons. The van der Waals surface area contributed by atoms with Gasteiger partial charge in [-0.05, 0) is 31.2 Å². The van der Waals surface area contributed by atoms with Gasteiger partial charge in [0, 0.05) is 30.1 Å². The maximum Gasteiger partial charge on any atom is 0.280 e. The zero-order valence-electron chi connectivity index (χ0n) is 22.2. The van der Waals surface area contributed by atoms with Gasteiger partial charge in [-0.3, -0.25) is 14.8 Å². The first-order chi connectivity index (χ1) is 19.8. The van der Waals surface area contributed by atoms with E-state index in [4.69, 9.17) is 18.9 Å². The van der Waals surface area contributed by atoms with Crippen molar-refractivity contribution in [3.63, 3.8) is 0 Å². The lowest BCUT2D eigenvalue weighted by molar-refractivity contribution is 0.101. The topological polar surface area (TPSA) is 130 Å². The van der Waals surface area contributed by atoms with E-state index < -0.39 is 17.5 Å². The van der Waals surface area contributed by atoms with Crippen molar-refractivity contribution in [2.75, 3.05) is 26.6 Å². The molecule has 4 heterocycles. The number of hydrogen-bond acceptors (Lipinski definition) is 10. The van der Waals surface area contributed by atoms with Gasteiger partial charge in [0.1, 0.15) is 11.3 Å². The first-order valence-electron chi connectivity index (χ1n) is 12.0. The Hall–Kier alpha value is -5.46. The highest BCUT2D eigenvalue weighted by atomic mass is 19.1. The third-order valence-corrected chi connectivity index (χ3v) is 5.94. The molecular weight excluding hydrogens is 538 g/mol. The van der Waals surface area contributed by atoms with E-state index in [1.165, 1.54) is 57.9 Å². The summed E-state index contributed by atoms with van der Waals surface area (Å²) >= 11 is 0. The van der Waals surface area contributed by atoms with Crippen LogP contribution in [0.15, 0.2) is 54.9 Å². The van der Waals surface area contributed by atoms with Crippen molar-refractivity contribution in [1.82, 2.24) is 25.1 Å². The van der Waals surface area contributed by atoms with Gasteiger partial charge >= 0.3 is 0 Å². The molecule has 0 fully saturated rings. The van der Waals surface area contributed by atoms with Gasteiger partial charge in [-0.2, -0.15) is 5.10 Å². The molecule has 0 radical (unpaired) electrons. The summed E-state index contributed by atoms with van der Waals surface area (Å²) in [5.74, 6) is -1.21. The summed E-state index contributed by atoms with van der Waals surface area (Å²) in [6, 6.07) is 9.72. The molecule has 0 unspecified atom stereocenters. The number of amides is 1. The molecular formula is C28H22F2N6O5. The molecule has 11 nitrogen and oxygen atoms in total. The van der Waals surface area contributed by atoms with Crippen LogP contribution in [-0.2, 0) is 0 Å². The number of aromatic nitrogens is 5. The number of methoxy groups -OCH3 is 3. The number of nitrogens with zero attached hydrogens (tertiary/aromatic N) is 5. The normalized spacial score (nSPS) is 10.8. The summed E-state index contributed by atoms with van der Waals surface area (Å²) in [4.78, 5) is 25.8. The third kappa shape index (κ3) is 5.37. The molecule has 41 heavy (non-hydrogen) atoms. The van der Waals surface area contributed by atoms with Crippen LogP contribution in [0, 0.1) is 18.6 Å². The number of ether oxygens (including phenoxy) is 4. The summed E-state index contributed by atoms with van der Waals surface area (Å²) < 4.78 is 50.3. The first kappa shape index (κ1) is 27.1. The maximum atomic E-state index is 15.1. The Labute approximate surface area is 232 Å². The Balaban J connectivity index is 1.41. The number of rotatable bonds is 8. The molecule has 0 spiro atoms. The summed E-state index contributed by atoms with van der Waals surface area (Å²) in [5.41, 5.74) is 1.86. The number of carbonyl (C=O) groups is 1. The predicted octanol–water partition coefficient (Wildman–Crippen LogP) is 5.14. The fourth-order valence-electron chi connectivity index (χ4n) is 4.03. The summed E-state index contributed by atoms with van der Waals surface area (Å²) in [7, 11) is 4.28. The van der Waals surface area contributed by atoms with Crippen LogP contribution in [0.4, 0.5) is 14.5 Å². The molecule has 1 amide bonds. The molecule has 0 atom stereocenters. The van der Waals surface area contributed by atoms with Crippen LogP contribution in [0.5, 0.6) is 28.9 Å². The van der Waals surface area contributed by atoms with Crippen molar-refractivity contribution in [3.8, 4) is 40.1 Å². The van der Waals surface area contributed by atoms with E-state index >= 15 is 4.39 Å². The monoisotopic (exact) mass is 560 g/mol. The number of anilines is 1. The fourth-order valence-corrected chi connectivity index (χ4v) is 4.03. The van der Waals surface area contributed by atoms with Crippen molar-refractivity contribution in [2.45, 2.75) is 6.92 Å². The average molecular weight is 561 g/mol. The number of aryl methyl sites for hydroxylation is 1. The second-order valence-corrected chi connectivity index (χ2v) is 8.48. The third-order valence-electron chi connectivity index (χ3n) is 5.94. The minimum absolute atomic E-state index is 0.0821. The molecule has 5 rings (SSSR count). The Morgan fingerprint density at radius 2 is 1.71 bits per heavy atom. The smallest absolute Gasteiger partial charge is 0.280 e. The summed E-state index contributed by atoms with van der Waals surface area (Å²) in [6.45, 7) is 1.65. The Morgan fingerprint density at radius 3 is 2.39 bits per heavy atom. The van der Waals surface area contributed by atoms with Gasteiger partial charge in [0.05, 0.1) is 50.0 Å². The molecule has 0 bridgehead atoms. The number of benzene rings is 1. The van der Waals surface area contributed by atoms with E-state index in [2.05, 4.69) is 30.5 Å². The van der Waals surface area contributed by atoms with Gasteiger partial charge in [0.25, 0.3) is 11.8 Å². The second kappa shape index (κ2) is 11.3. The van der Waals surface area contributed by atoms with Gasteiger partial charge in [0.15, 0.2) is 34.5 Å². The summed E-state index contributed by atoms with van der Waals surface area (Å²) in [6.07, 6.45) is 2.53. The molecule has 0 aliphatic carbocycles. The number of hydrogen-bond donors (Lipinski definition) is 1. The number of halogens is 2. The van der Waals surface area contributed by atoms with Gasteiger partial charge < -0.3 is 24.3 Å². The molecule has 5 aromatic rings. The van der Waals surface area contributed by atoms with Crippen molar-refractivity contribution in [1.29, 1.82) is 0 Å². The van der Waals surface area contributed by atoms with Gasteiger partial charge in [-0.1, -0.05) is 0 Å². The standard InChI is InChI=1S/C28H22F2N6O5/c1-14-23(18-7-5-15(29)13-32-18)26(39-3)25(36-35-14)27(37)33-16-6-8-20(17(30)11-16)41-21-9-10-31-19-12-22(38-2)28(40-4)34-24(19)21/h5-13H,1-4H3,(H,33,37). The van der Waals surface area contributed by atoms with Gasteiger partial charge in [-0.15, -0.1) is 5.10 Å². The fraction of sp³-hybridized carbons (Fsp3) is 0.143. The molecule has 0 aliphatic heterocycles. The lowest BCUT2D eigenvalue weighted by Gasteiger charge is -2.14. The highest BCUT2D eigenvalue weighted by Crippen LogP contribution is 2.36. The largest absolute Gasteiger partial charge is 0.493 e.